The molecule has 2 rings (SSSR count). The summed E-state index contributed by atoms with van der Waals surface area (Å²) in [5.74, 6) is -0.197. The van der Waals surface area contributed by atoms with Gasteiger partial charge in [-0.1, -0.05) is 19.8 Å². The first-order chi connectivity index (χ1) is 8.53. The Morgan fingerprint density at radius 3 is 2.83 bits per heavy atom. The van der Waals surface area contributed by atoms with Gasteiger partial charge in [-0.3, -0.25) is 0 Å². The lowest BCUT2D eigenvalue weighted by atomic mass is 10.1. The lowest BCUT2D eigenvalue weighted by Crippen LogP contribution is -2.35. The maximum atomic E-state index is 13.4. The summed E-state index contributed by atoms with van der Waals surface area (Å²) in [4.78, 5) is 3.61. The van der Waals surface area contributed by atoms with Crippen molar-refractivity contribution in [2.24, 2.45) is 5.92 Å². The Bertz CT molecular complexity index is 515. The van der Waals surface area contributed by atoms with Crippen LogP contribution in [0, 0.1) is 11.7 Å². The SMILES string of the molecule is CCC(CC1CC1)NS(=O)(=O)c1ncccc1F. The zero-order chi connectivity index (χ0) is 13.2. The molecule has 1 aliphatic rings. The highest BCUT2D eigenvalue weighted by atomic mass is 32.2. The lowest BCUT2D eigenvalue weighted by Gasteiger charge is -2.16. The number of sulfonamides is 1. The highest BCUT2D eigenvalue weighted by molar-refractivity contribution is 7.89. The summed E-state index contributed by atoms with van der Waals surface area (Å²) in [5.41, 5.74) is 0. The number of hydrogen-bond acceptors (Lipinski definition) is 3. The van der Waals surface area contributed by atoms with E-state index in [4.69, 9.17) is 0 Å². The van der Waals surface area contributed by atoms with Crippen LogP contribution in [0.5, 0.6) is 0 Å². The molecular weight excluding hydrogens is 255 g/mol. The molecule has 1 N–H and O–H groups in total. The first kappa shape index (κ1) is 13.4. The van der Waals surface area contributed by atoms with Crippen molar-refractivity contribution in [2.75, 3.05) is 0 Å². The second-order valence-electron chi connectivity index (χ2n) is 4.70. The molecule has 0 aromatic carbocycles. The number of halogens is 1. The van der Waals surface area contributed by atoms with E-state index in [2.05, 4.69) is 9.71 Å². The number of hydrogen-bond donors (Lipinski definition) is 1. The molecule has 1 unspecified atom stereocenters. The monoisotopic (exact) mass is 272 g/mol. The summed E-state index contributed by atoms with van der Waals surface area (Å²) < 4.78 is 40.0. The van der Waals surface area contributed by atoms with Gasteiger partial charge in [0.05, 0.1) is 0 Å². The number of aromatic nitrogens is 1. The molecule has 1 aromatic rings. The Morgan fingerprint density at radius 1 is 1.56 bits per heavy atom. The third kappa shape index (κ3) is 3.26. The molecule has 1 aliphatic carbocycles. The van der Waals surface area contributed by atoms with Crippen LogP contribution in [-0.2, 0) is 10.0 Å². The first-order valence-electron chi connectivity index (χ1n) is 6.15. The zero-order valence-corrected chi connectivity index (χ0v) is 11.1. The Kier molecular flexibility index (Phi) is 3.97. The van der Waals surface area contributed by atoms with E-state index in [0.29, 0.717) is 12.3 Å². The Balaban J connectivity index is 2.12. The normalized spacial score (nSPS) is 17.7. The summed E-state index contributed by atoms with van der Waals surface area (Å²) in [7, 11) is -3.86. The van der Waals surface area contributed by atoms with Gasteiger partial charge in [-0.25, -0.2) is 22.5 Å². The van der Waals surface area contributed by atoms with Crippen molar-refractivity contribution in [1.82, 2.24) is 9.71 Å². The predicted molar refractivity (Wildman–Crippen MR) is 65.9 cm³/mol. The molecule has 100 valence electrons. The number of nitrogens with one attached hydrogen (secondary N) is 1. The molecule has 0 aliphatic heterocycles. The molecule has 1 saturated carbocycles. The Morgan fingerprint density at radius 2 is 2.28 bits per heavy atom. The van der Waals surface area contributed by atoms with Crippen LogP contribution in [0.2, 0.25) is 0 Å². The molecule has 0 amide bonds. The standard InChI is InChI=1S/C12H17FN2O2S/c1-2-10(8-9-5-6-9)15-18(16,17)12-11(13)4-3-7-14-12/h3-4,7,9-10,15H,2,5-6,8H2,1H3. The van der Waals surface area contributed by atoms with Gasteiger partial charge < -0.3 is 0 Å². The molecule has 0 saturated heterocycles. The zero-order valence-electron chi connectivity index (χ0n) is 10.3. The molecule has 0 spiro atoms. The van der Waals surface area contributed by atoms with Crippen LogP contribution < -0.4 is 4.72 Å². The predicted octanol–water partition coefficient (Wildman–Crippen LogP) is 2.08. The highest BCUT2D eigenvalue weighted by Gasteiger charge is 2.29. The second kappa shape index (κ2) is 5.32. The van der Waals surface area contributed by atoms with Crippen LogP contribution >= 0.6 is 0 Å². The molecule has 1 atom stereocenters. The summed E-state index contributed by atoms with van der Waals surface area (Å²) in [5, 5.41) is -0.515. The Hall–Kier alpha value is -1.01. The fourth-order valence-electron chi connectivity index (χ4n) is 1.90. The van der Waals surface area contributed by atoms with Crippen LogP contribution in [0.15, 0.2) is 23.4 Å². The van der Waals surface area contributed by atoms with Crippen LogP contribution in [0.1, 0.15) is 32.6 Å². The van der Waals surface area contributed by atoms with E-state index in [1.54, 1.807) is 0 Å². The van der Waals surface area contributed by atoms with E-state index < -0.39 is 20.9 Å². The smallest absolute Gasteiger partial charge is 0.241 e. The lowest BCUT2D eigenvalue weighted by molar-refractivity contribution is 0.487. The van der Waals surface area contributed by atoms with E-state index in [1.807, 2.05) is 6.92 Å². The third-order valence-corrected chi connectivity index (χ3v) is 4.56. The topological polar surface area (TPSA) is 59.1 Å². The van der Waals surface area contributed by atoms with E-state index in [1.165, 1.54) is 12.3 Å². The minimum atomic E-state index is -3.86. The quantitative estimate of drug-likeness (QED) is 0.862. The second-order valence-corrected chi connectivity index (χ2v) is 6.33. The van der Waals surface area contributed by atoms with Gasteiger partial charge >= 0.3 is 0 Å². The van der Waals surface area contributed by atoms with Crippen LogP contribution in [0.3, 0.4) is 0 Å². The van der Waals surface area contributed by atoms with Gasteiger partial charge in [0.2, 0.25) is 5.03 Å². The molecule has 4 nitrogen and oxygen atoms in total. The van der Waals surface area contributed by atoms with E-state index in [-0.39, 0.29) is 6.04 Å². The number of rotatable bonds is 6. The highest BCUT2D eigenvalue weighted by Crippen LogP contribution is 2.34. The van der Waals surface area contributed by atoms with Gasteiger partial charge in [-0.05, 0) is 30.9 Å². The van der Waals surface area contributed by atoms with Crippen molar-refractivity contribution >= 4 is 10.0 Å². The van der Waals surface area contributed by atoms with Crippen LogP contribution in [-0.4, -0.2) is 19.4 Å². The summed E-state index contributed by atoms with van der Waals surface area (Å²) >= 11 is 0. The molecule has 6 heteroatoms. The number of pyridine rings is 1. The average molecular weight is 272 g/mol. The van der Waals surface area contributed by atoms with Gasteiger partial charge in [0, 0.05) is 12.2 Å². The van der Waals surface area contributed by atoms with E-state index in [9.17, 15) is 12.8 Å². The molecule has 0 bridgehead atoms. The minimum Gasteiger partial charge on any atom is -0.241 e. The van der Waals surface area contributed by atoms with E-state index in [0.717, 1.165) is 25.3 Å². The molecule has 0 radical (unpaired) electrons. The van der Waals surface area contributed by atoms with Crippen molar-refractivity contribution in [3.8, 4) is 0 Å². The molecular formula is C12H17FN2O2S. The summed E-state index contributed by atoms with van der Waals surface area (Å²) in [6.45, 7) is 1.92. The average Bonchev–Trinajstić information content (AvgIpc) is 3.12. The summed E-state index contributed by atoms with van der Waals surface area (Å²) in [6, 6.07) is 2.34. The van der Waals surface area contributed by atoms with Crippen molar-refractivity contribution in [3.05, 3.63) is 24.1 Å². The number of nitrogens with zero attached hydrogens (tertiary/aromatic N) is 1. The van der Waals surface area contributed by atoms with Gasteiger partial charge in [0.1, 0.15) is 0 Å². The molecule has 1 aromatic heterocycles. The molecule has 18 heavy (non-hydrogen) atoms. The largest absolute Gasteiger partial charge is 0.261 e. The van der Waals surface area contributed by atoms with Crippen LogP contribution in [0.4, 0.5) is 4.39 Å². The molecule has 1 heterocycles. The van der Waals surface area contributed by atoms with Crippen molar-refractivity contribution in [1.29, 1.82) is 0 Å². The fourth-order valence-corrected chi connectivity index (χ4v) is 3.24. The van der Waals surface area contributed by atoms with Gasteiger partial charge in [0.15, 0.2) is 5.82 Å². The van der Waals surface area contributed by atoms with Crippen molar-refractivity contribution in [2.45, 2.75) is 43.7 Å². The van der Waals surface area contributed by atoms with E-state index >= 15 is 0 Å². The van der Waals surface area contributed by atoms with Gasteiger partial charge in [-0.2, -0.15) is 0 Å². The minimum absolute atomic E-state index is 0.135. The fraction of sp³-hybridized carbons (Fsp3) is 0.583. The van der Waals surface area contributed by atoms with Gasteiger partial charge in [0.25, 0.3) is 10.0 Å². The van der Waals surface area contributed by atoms with Gasteiger partial charge in [-0.15, -0.1) is 0 Å². The Labute approximate surface area is 107 Å². The maximum absolute atomic E-state index is 13.4. The maximum Gasteiger partial charge on any atom is 0.261 e. The molecule has 1 fully saturated rings. The van der Waals surface area contributed by atoms with Crippen LogP contribution in [0.25, 0.3) is 0 Å². The van der Waals surface area contributed by atoms with Crippen molar-refractivity contribution in [3.63, 3.8) is 0 Å². The first-order valence-corrected chi connectivity index (χ1v) is 7.64. The third-order valence-electron chi connectivity index (χ3n) is 3.11. The van der Waals surface area contributed by atoms with Crippen molar-refractivity contribution < 1.29 is 12.8 Å². The summed E-state index contributed by atoms with van der Waals surface area (Å²) in [6.07, 6.45) is 5.13.